The Morgan fingerprint density at radius 1 is 1.36 bits per heavy atom. The lowest BCUT2D eigenvalue weighted by atomic mass is 10.2. The molecule has 0 unspecified atom stereocenters. The van der Waals surface area contributed by atoms with Gasteiger partial charge in [0.15, 0.2) is 0 Å². The summed E-state index contributed by atoms with van der Waals surface area (Å²) in [6, 6.07) is 2.73. The lowest BCUT2D eigenvalue weighted by Gasteiger charge is -2.02. The third-order valence-electron chi connectivity index (χ3n) is 1.27. The Hall–Kier alpha value is 0.210. The zero-order valence-corrected chi connectivity index (χ0v) is 8.47. The van der Waals surface area contributed by atoms with Gasteiger partial charge in [-0.2, -0.15) is 0 Å². The molecular weight excluding hydrogens is 254 g/mol. The van der Waals surface area contributed by atoms with Crippen LogP contribution in [0.2, 0.25) is 10.0 Å². The SMILES string of the molecule is Fc1ccc(Cl)c(Cl)c1CBr. The third kappa shape index (κ3) is 1.86. The number of alkyl halides is 1. The van der Waals surface area contributed by atoms with Crippen molar-refractivity contribution in [3.05, 3.63) is 33.6 Å². The van der Waals surface area contributed by atoms with E-state index in [1.165, 1.54) is 12.1 Å². The van der Waals surface area contributed by atoms with Crippen LogP contribution in [0.4, 0.5) is 4.39 Å². The van der Waals surface area contributed by atoms with E-state index in [9.17, 15) is 4.39 Å². The van der Waals surface area contributed by atoms with E-state index in [0.717, 1.165) is 0 Å². The number of rotatable bonds is 1. The quantitative estimate of drug-likeness (QED) is 0.527. The Morgan fingerprint density at radius 2 is 2.00 bits per heavy atom. The van der Waals surface area contributed by atoms with Crippen LogP contribution in [0, 0.1) is 5.82 Å². The van der Waals surface area contributed by atoms with E-state index in [0.29, 0.717) is 15.9 Å². The highest BCUT2D eigenvalue weighted by Crippen LogP contribution is 2.29. The van der Waals surface area contributed by atoms with Crippen molar-refractivity contribution >= 4 is 39.1 Å². The first-order valence-corrected chi connectivity index (χ1v) is 4.73. The first-order valence-electron chi connectivity index (χ1n) is 2.85. The molecule has 1 aromatic carbocycles. The molecular formula is C7H4BrCl2F. The van der Waals surface area contributed by atoms with Crippen molar-refractivity contribution in [1.82, 2.24) is 0 Å². The summed E-state index contributed by atoms with van der Waals surface area (Å²) in [7, 11) is 0. The minimum absolute atomic E-state index is 0.281. The number of halogens is 4. The molecule has 0 spiro atoms. The maximum absolute atomic E-state index is 12.9. The normalized spacial score (nSPS) is 10.2. The molecule has 1 rings (SSSR count). The highest BCUT2D eigenvalue weighted by Gasteiger charge is 2.08. The molecule has 0 N–H and O–H groups in total. The van der Waals surface area contributed by atoms with Crippen molar-refractivity contribution < 1.29 is 4.39 Å². The molecule has 0 saturated carbocycles. The highest BCUT2D eigenvalue weighted by molar-refractivity contribution is 9.08. The molecule has 0 aromatic heterocycles. The molecule has 0 heterocycles. The molecule has 0 radical (unpaired) electrons. The molecule has 0 saturated heterocycles. The van der Waals surface area contributed by atoms with Gasteiger partial charge in [-0.15, -0.1) is 0 Å². The maximum atomic E-state index is 12.9. The average molecular weight is 258 g/mol. The second-order valence-electron chi connectivity index (χ2n) is 1.96. The third-order valence-corrected chi connectivity index (χ3v) is 2.68. The second-order valence-corrected chi connectivity index (χ2v) is 3.30. The molecule has 4 heteroatoms. The van der Waals surface area contributed by atoms with Crippen LogP contribution in [0.3, 0.4) is 0 Å². The van der Waals surface area contributed by atoms with Gasteiger partial charge in [-0.1, -0.05) is 39.1 Å². The minimum atomic E-state index is -0.337. The van der Waals surface area contributed by atoms with Crippen LogP contribution < -0.4 is 0 Å². The van der Waals surface area contributed by atoms with E-state index in [-0.39, 0.29) is 10.8 Å². The zero-order chi connectivity index (χ0) is 8.43. The lowest BCUT2D eigenvalue weighted by Crippen LogP contribution is -1.87. The second kappa shape index (κ2) is 3.74. The Bertz CT molecular complexity index is 275. The van der Waals surface area contributed by atoms with Gasteiger partial charge in [0, 0.05) is 10.9 Å². The van der Waals surface area contributed by atoms with Gasteiger partial charge in [0.05, 0.1) is 10.0 Å². The van der Waals surface area contributed by atoms with E-state index >= 15 is 0 Å². The van der Waals surface area contributed by atoms with Gasteiger partial charge in [-0.25, -0.2) is 4.39 Å². The molecule has 60 valence electrons. The molecule has 0 atom stereocenters. The predicted octanol–water partition coefficient (Wildman–Crippen LogP) is 4.03. The largest absolute Gasteiger partial charge is 0.207 e. The van der Waals surface area contributed by atoms with E-state index in [1.54, 1.807) is 0 Å². The van der Waals surface area contributed by atoms with Gasteiger partial charge < -0.3 is 0 Å². The van der Waals surface area contributed by atoms with Crippen LogP contribution in [-0.2, 0) is 5.33 Å². The number of hydrogen-bond donors (Lipinski definition) is 0. The lowest BCUT2D eigenvalue weighted by molar-refractivity contribution is 0.618. The summed E-state index contributed by atoms with van der Waals surface area (Å²) in [6.45, 7) is 0. The maximum Gasteiger partial charge on any atom is 0.128 e. The summed E-state index contributed by atoms with van der Waals surface area (Å²) in [5.74, 6) is -0.337. The van der Waals surface area contributed by atoms with Crippen molar-refractivity contribution in [3.8, 4) is 0 Å². The van der Waals surface area contributed by atoms with E-state index in [1.807, 2.05) is 0 Å². The molecule has 0 bridgehead atoms. The van der Waals surface area contributed by atoms with Crippen molar-refractivity contribution in [2.24, 2.45) is 0 Å². The van der Waals surface area contributed by atoms with Crippen molar-refractivity contribution in [2.75, 3.05) is 0 Å². The molecule has 0 amide bonds. The van der Waals surface area contributed by atoms with E-state index in [4.69, 9.17) is 23.2 Å². The number of benzene rings is 1. The predicted molar refractivity (Wildman–Crippen MR) is 49.1 cm³/mol. The highest BCUT2D eigenvalue weighted by atomic mass is 79.9. The van der Waals surface area contributed by atoms with Crippen molar-refractivity contribution in [3.63, 3.8) is 0 Å². The molecule has 0 nitrogen and oxygen atoms in total. The molecule has 11 heavy (non-hydrogen) atoms. The van der Waals surface area contributed by atoms with Crippen molar-refractivity contribution in [2.45, 2.75) is 5.33 Å². The monoisotopic (exact) mass is 256 g/mol. The Kier molecular flexibility index (Phi) is 3.16. The van der Waals surface area contributed by atoms with Gasteiger partial charge in [0.1, 0.15) is 5.82 Å². The average Bonchev–Trinajstić information content (AvgIpc) is 1.99. The van der Waals surface area contributed by atoms with Gasteiger partial charge >= 0.3 is 0 Å². The van der Waals surface area contributed by atoms with Crippen LogP contribution in [0.5, 0.6) is 0 Å². The molecule has 0 aliphatic heterocycles. The van der Waals surface area contributed by atoms with Gasteiger partial charge in [-0.05, 0) is 12.1 Å². The summed E-state index contributed by atoms with van der Waals surface area (Å²) < 4.78 is 12.9. The Morgan fingerprint density at radius 3 is 2.45 bits per heavy atom. The summed E-state index contributed by atoms with van der Waals surface area (Å²) in [6.07, 6.45) is 0. The molecule has 0 aliphatic carbocycles. The Labute approximate surface area is 82.4 Å². The van der Waals surface area contributed by atoms with Crippen LogP contribution in [-0.4, -0.2) is 0 Å². The Balaban J connectivity index is 3.29. The molecule has 0 fully saturated rings. The van der Waals surface area contributed by atoms with Gasteiger partial charge in [0.2, 0.25) is 0 Å². The summed E-state index contributed by atoms with van der Waals surface area (Å²) in [5, 5.41) is 1.03. The van der Waals surface area contributed by atoms with Crippen LogP contribution in [0.25, 0.3) is 0 Å². The van der Waals surface area contributed by atoms with E-state index in [2.05, 4.69) is 15.9 Å². The van der Waals surface area contributed by atoms with Gasteiger partial charge in [0.25, 0.3) is 0 Å². The summed E-state index contributed by atoms with van der Waals surface area (Å²) in [5.41, 5.74) is 0.402. The topological polar surface area (TPSA) is 0 Å². The fourth-order valence-electron chi connectivity index (χ4n) is 0.692. The first-order chi connectivity index (χ1) is 5.16. The smallest absolute Gasteiger partial charge is 0.128 e. The van der Waals surface area contributed by atoms with Crippen molar-refractivity contribution in [1.29, 1.82) is 0 Å². The summed E-state index contributed by atoms with van der Waals surface area (Å²) >= 11 is 14.5. The van der Waals surface area contributed by atoms with Gasteiger partial charge in [-0.3, -0.25) is 0 Å². The number of hydrogen-bond acceptors (Lipinski definition) is 0. The fourth-order valence-corrected chi connectivity index (χ4v) is 1.80. The first kappa shape index (κ1) is 9.30. The van der Waals surface area contributed by atoms with Crippen LogP contribution in [0.15, 0.2) is 12.1 Å². The molecule has 0 aliphatic rings. The van der Waals surface area contributed by atoms with E-state index < -0.39 is 0 Å². The molecule has 1 aromatic rings. The summed E-state index contributed by atoms with van der Waals surface area (Å²) in [4.78, 5) is 0. The van der Waals surface area contributed by atoms with Crippen LogP contribution >= 0.6 is 39.1 Å². The minimum Gasteiger partial charge on any atom is -0.207 e. The standard InChI is InChI=1S/C7H4BrCl2F/c8-3-4-6(11)2-1-5(9)7(4)10/h1-2H,3H2. The zero-order valence-electron chi connectivity index (χ0n) is 5.37. The van der Waals surface area contributed by atoms with Crippen LogP contribution in [0.1, 0.15) is 5.56 Å². The fraction of sp³-hybridized carbons (Fsp3) is 0.143.